The predicted octanol–water partition coefficient (Wildman–Crippen LogP) is 6.03. The molecule has 0 bridgehead atoms. The molecule has 2 aromatic carbocycles. The third-order valence-corrected chi connectivity index (χ3v) is 8.29. The van der Waals surface area contributed by atoms with Crippen molar-refractivity contribution in [3.8, 4) is 0 Å². The average molecular weight is 585 g/mol. The topological polar surface area (TPSA) is 141 Å². The van der Waals surface area contributed by atoms with Gasteiger partial charge in [0, 0.05) is 34.3 Å². The van der Waals surface area contributed by atoms with E-state index in [1.807, 2.05) is 84.9 Å². The highest BCUT2D eigenvalue weighted by molar-refractivity contribution is 5.93. The first-order valence-electron chi connectivity index (χ1n) is 15.0. The molecule has 4 aromatic heterocycles. The number of para-hydroxylation sites is 2. The molecule has 0 spiro atoms. The van der Waals surface area contributed by atoms with Gasteiger partial charge in [-0.1, -0.05) is 42.8 Å². The van der Waals surface area contributed by atoms with Crippen LogP contribution in [-0.2, 0) is 22.4 Å². The minimum absolute atomic E-state index is 0.146. The van der Waals surface area contributed by atoms with Crippen LogP contribution >= 0.6 is 0 Å². The summed E-state index contributed by atoms with van der Waals surface area (Å²) < 4.78 is 0. The van der Waals surface area contributed by atoms with Crippen molar-refractivity contribution in [2.75, 3.05) is 10.6 Å². The summed E-state index contributed by atoms with van der Waals surface area (Å²) in [5.41, 5.74) is 5.55. The predicted molar refractivity (Wildman–Crippen MR) is 169 cm³/mol. The molecule has 220 valence electrons. The number of hydrogen-bond acceptors (Lipinski definition) is 6. The minimum Gasteiger partial charge on any atom is -0.358 e. The van der Waals surface area contributed by atoms with Gasteiger partial charge >= 0.3 is 0 Å². The van der Waals surface area contributed by atoms with Gasteiger partial charge in [0.05, 0.1) is 24.2 Å². The van der Waals surface area contributed by atoms with E-state index in [9.17, 15) is 9.59 Å². The summed E-state index contributed by atoms with van der Waals surface area (Å²) in [5, 5.41) is 25.4. The number of benzene rings is 2. The van der Waals surface area contributed by atoms with Crippen molar-refractivity contribution in [1.29, 1.82) is 0 Å². The van der Waals surface area contributed by atoms with Crippen LogP contribution in [0.5, 0.6) is 0 Å². The molecule has 44 heavy (non-hydrogen) atoms. The Kier molecular flexibility index (Phi) is 7.54. The zero-order chi connectivity index (χ0) is 29.9. The highest BCUT2D eigenvalue weighted by Crippen LogP contribution is 2.40. The molecule has 0 aliphatic heterocycles. The summed E-state index contributed by atoms with van der Waals surface area (Å²) >= 11 is 0. The molecule has 0 saturated heterocycles. The van der Waals surface area contributed by atoms with Crippen molar-refractivity contribution in [2.24, 2.45) is 0 Å². The van der Waals surface area contributed by atoms with Crippen molar-refractivity contribution in [3.05, 3.63) is 108 Å². The minimum atomic E-state index is -0.146. The van der Waals surface area contributed by atoms with Crippen LogP contribution in [0.4, 0.5) is 11.6 Å². The zero-order valence-corrected chi connectivity index (χ0v) is 24.1. The normalized spacial score (nSPS) is 16.6. The number of carbonyl (C=O) groups excluding carboxylic acids is 2. The first-order chi connectivity index (χ1) is 21.6. The maximum absolute atomic E-state index is 12.6. The summed E-state index contributed by atoms with van der Waals surface area (Å²) in [6.45, 7) is 0. The fourth-order valence-corrected chi connectivity index (χ4v) is 6.16. The van der Waals surface area contributed by atoms with Crippen molar-refractivity contribution in [1.82, 2.24) is 30.4 Å². The first kappa shape index (κ1) is 27.5. The maximum Gasteiger partial charge on any atom is 0.231 e. The Morgan fingerprint density at radius 1 is 0.636 bits per heavy atom. The Hall–Kier alpha value is -5.38. The number of anilines is 2. The van der Waals surface area contributed by atoms with Crippen LogP contribution in [0, 0.1) is 0 Å². The smallest absolute Gasteiger partial charge is 0.231 e. The lowest BCUT2D eigenvalue weighted by atomic mass is 9.78. The highest BCUT2D eigenvalue weighted by Gasteiger charge is 2.27. The van der Waals surface area contributed by atoms with E-state index in [1.54, 1.807) is 0 Å². The first-order valence-corrected chi connectivity index (χ1v) is 15.0. The number of nitrogens with one attached hydrogen (secondary N) is 4. The van der Waals surface area contributed by atoms with E-state index in [-0.39, 0.29) is 36.5 Å². The molecule has 1 aliphatic rings. The fraction of sp³-hybridized carbons (Fsp3) is 0.235. The number of aromatic nitrogens is 6. The number of H-pyrrole nitrogens is 2. The van der Waals surface area contributed by atoms with E-state index >= 15 is 0 Å². The van der Waals surface area contributed by atoms with Gasteiger partial charge in [0.2, 0.25) is 11.8 Å². The van der Waals surface area contributed by atoms with Gasteiger partial charge in [0.15, 0.2) is 11.6 Å². The summed E-state index contributed by atoms with van der Waals surface area (Å²) in [7, 11) is 0. The molecule has 1 fully saturated rings. The Labute approximate surface area is 253 Å². The average Bonchev–Trinajstić information content (AvgIpc) is 3.64. The maximum atomic E-state index is 12.6. The van der Waals surface area contributed by atoms with Crippen LogP contribution in [0.2, 0.25) is 0 Å². The largest absolute Gasteiger partial charge is 0.358 e. The van der Waals surface area contributed by atoms with Gasteiger partial charge in [0.1, 0.15) is 0 Å². The molecule has 2 amide bonds. The number of amides is 2. The molecule has 10 heteroatoms. The van der Waals surface area contributed by atoms with Crippen molar-refractivity contribution >= 4 is 45.3 Å². The van der Waals surface area contributed by atoms with Crippen molar-refractivity contribution in [3.63, 3.8) is 0 Å². The summed E-state index contributed by atoms with van der Waals surface area (Å²) in [6.07, 6.45) is 4.44. The van der Waals surface area contributed by atoms with Crippen LogP contribution < -0.4 is 10.6 Å². The molecule has 2 atom stereocenters. The van der Waals surface area contributed by atoms with Crippen LogP contribution in [-0.4, -0.2) is 42.2 Å². The molecule has 1 aliphatic carbocycles. The van der Waals surface area contributed by atoms with Gasteiger partial charge < -0.3 is 20.6 Å². The van der Waals surface area contributed by atoms with E-state index in [4.69, 9.17) is 0 Å². The van der Waals surface area contributed by atoms with E-state index in [2.05, 4.69) is 41.0 Å². The Bertz CT molecular complexity index is 1720. The molecule has 1 saturated carbocycles. The van der Waals surface area contributed by atoms with Gasteiger partial charge in [-0.15, -0.1) is 10.2 Å². The molecule has 4 heterocycles. The lowest BCUT2D eigenvalue weighted by Crippen LogP contribution is -2.18. The van der Waals surface area contributed by atoms with Gasteiger partial charge in [-0.3, -0.25) is 9.59 Å². The van der Waals surface area contributed by atoms with Crippen LogP contribution in [0.1, 0.15) is 60.3 Å². The number of aromatic amines is 2. The molecule has 0 unspecified atom stereocenters. The zero-order valence-electron chi connectivity index (χ0n) is 24.1. The van der Waals surface area contributed by atoms with Crippen LogP contribution in [0.3, 0.4) is 0 Å². The molecular weight excluding hydrogens is 552 g/mol. The standard InChI is InChI=1S/C34H32N8O2/c43-33(19-25-17-23-6-1-3-10-27(23)35-25)37-31-14-12-29(39-41-31)21-8-5-9-22(16-21)30-13-15-32(42-40-30)38-34(44)20-26-18-24-7-2-4-11-28(24)36-26/h1-4,6-7,10-15,17-18,21-22,35-36H,5,8-9,16,19-20H2,(H,37,41,43)(H,38,42,44)/t21-,22-/m1/s1. The summed E-state index contributed by atoms with van der Waals surface area (Å²) in [5.74, 6) is 1.08. The molecule has 4 N–H and O–H groups in total. The Morgan fingerprint density at radius 2 is 1.11 bits per heavy atom. The number of fused-ring (bicyclic) bond motifs is 2. The Balaban J connectivity index is 0.922. The number of rotatable bonds is 8. The second-order valence-corrected chi connectivity index (χ2v) is 11.5. The third kappa shape index (κ3) is 6.19. The van der Waals surface area contributed by atoms with Crippen LogP contribution in [0.15, 0.2) is 84.9 Å². The quantitative estimate of drug-likeness (QED) is 0.172. The van der Waals surface area contributed by atoms with Gasteiger partial charge in [-0.05, 0) is 78.6 Å². The van der Waals surface area contributed by atoms with Crippen molar-refractivity contribution < 1.29 is 9.59 Å². The van der Waals surface area contributed by atoms with E-state index < -0.39 is 0 Å². The summed E-state index contributed by atoms with van der Waals surface area (Å²) in [4.78, 5) is 31.8. The molecule has 7 rings (SSSR count). The monoisotopic (exact) mass is 584 g/mol. The summed E-state index contributed by atoms with van der Waals surface area (Å²) in [6, 6.07) is 27.4. The van der Waals surface area contributed by atoms with Crippen molar-refractivity contribution in [2.45, 2.75) is 50.4 Å². The molecule has 10 nitrogen and oxygen atoms in total. The molecular formula is C34H32N8O2. The van der Waals surface area contributed by atoms with E-state index in [1.165, 1.54) is 0 Å². The lowest BCUT2D eigenvalue weighted by Gasteiger charge is -2.28. The number of nitrogens with zero attached hydrogens (tertiary/aromatic N) is 4. The molecule has 6 aromatic rings. The van der Waals surface area contributed by atoms with E-state index in [0.29, 0.717) is 11.6 Å². The SMILES string of the molecule is O=C(Cc1cc2ccccc2[nH]1)Nc1ccc([C@@H]2CCC[C@@H](c3ccc(NC(=O)Cc4cc5ccccc5[nH]4)nn3)C2)nn1. The van der Waals surface area contributed by atoms with Gasteiger partial charge in [-0.2, -0.15) is 10.2 Å². The molecule has 0 radical (unpaired) electrons. The second kappa shape index (κ2) is 12.1. The van der Waals surface area contributed by atoms with Gasteiger partial charge in [-0.25, -0.2) is 0 Å². The van der Waals surface area contributed by atoms with E-state index in [0.717, 1.165) is 70.3 Å². The number of carbonyl (C=O) groups is 2. The highest BCUT2D eigenvalue weighted by atomic mass is 16.2. The van der Waals surface area contributed by atoms with Crippen LogP contribution in [0.25, 0.3) is 21.8 Å². The van der Waals surface area contributed by atoms with Gasteiger partial charge in [0.25, 0.3) is 0 Å². The fourth-order valence-electron chi connectivity index (χ4n) is 6.16. The number of hydrogen-bond donors (Lipinski definition) is 4. The Morgan fingerprint density at radius 3 is 1.55 bits per heavy atom. The third-order valence-electron chi connectivity index (χ3n) is 8.29. The lowest BCUT2D eigenvalue weighted by molar-refractivity contribution is -0.116. The second-order valence-electron chi connectivity index (χ2n) is 11.5.